The van der Waals surface area contributed by atoms with Crippen LogP contribution in [0.15, 0.2) is 28.8 Å². The van der Waals surface area contributed by atoms with Gasteiger partial charge in [0.25, 0.3) is 5.91 Å². The standard InChI is InChI=1S/C17H22N4O3/c1-4-21(5-2)17(23)13-7-6-8-14(11-13)19-15(22)9-10-16-18-12(3)20-24-16/h6-8,11H,4-5,9-10H2,1-3H3,(H,19,22). The van der Waals surface area contributed by atoms with Crippen molar-refractivity contribution in [1.29, 1.82) is 0 Å². The van der Waals surface area contributed by atoms with Crippen LogP contribution in [0, 0.1) is 6.92 Å². The number of carbonyl (C=O) groups is 2. The van der Waals surface area contributed by atoms with Crippen molar-refractivity contribution in [3.63, 3.8) is 0 Å². The minimum absolute atomic E-state index is 0.0440. The first-order valence-corrected chi connectivity index (χ1v) is 8.01. The highest BCUT2D eigenvalue weighted by Crippen LogP contribution is 2.13. The van der Waals surface area contributed by atoms with Crippen LogP contribution in [0.1, 0.15) is 42.3 Å². The van der Waals surface area contributed by atoms with Gasteiger partial charge >= 0.3 is 0 Å². The molecule has 0 fully saturated rings. The van der Waals surface area contributed by atoms with E-state index in [1.165, 1.54) is 0 Å². The van der Waals surface area contributed by atoms with Gasteiger partial charge in [-0.3, -0.25) is 9.59 Å². The van der Waals surface area contributed by atoms with Crippen molar-refractivity contribution < 1.29 is 14.1 Å². The number of aromatic nitrogens is 2. The lowest BCUT2D eigenvalue weighted by atomic mass is 10.1. The molecule has 2 aromatic rings. The topological polar surface area (TPSA) is 88.3 Å². The first-order chi connectivity index (χ1) is 11.5. The second-order valence-electron chi connectivity index (χ2n) is 5.34. The van der Waals surface area contributed by atoms with Gasteiger partial charge in [0.1, 0.15) is 0 Å². The summed E-state index contributed by atoms with van der Waals surface area (Å²) in [5.41, 5.74) is 1.16. The molecule has 0 aliphatic rings. The van der Waals surface area contributed by atoms with Crippen LogP contribution in [0.3, 0.4) is 0 Å². The molecule has 7 nitrogen and oxygen atoms in total. The second-order valence-corrected chi connectivity index (χ2v) is 5.34. The van der Waals surface area contributed by atoms with Crippen molar-refractivity contribution in [2.24, 2.45) is 0 Å². The zero-order valence-electron chi connectivity index (χ0n) is 14.2. The fraction of sp³-hybridized carbons (Fsp3) is 0.412. The molecule has 1 heterocycles. The van der Waals surface area contributed by atoms with E-state index < -0.39 is 0 Å². The predicted molar refractivity (Wildman–Crippen MR) is 89.7 cm³/mol. The number of rotatable bonds is 7. The lowest BCUT2D eigenvalue weighted by Gasteiger charge is -2.19. The summed E-state index contributed by atoms with van der Waals surface area (Å²) < 4.78 is 4.98. The summed E-state index contributed by atoms with van der Waals surface area (Å²) in [6.45, 7) is 6.90. The summed E-state index contributed by atoms with van der Waals surface area (Å²) in [6, 6.07) is 6.95. The molecule has 0 aliphatic carbocycles. The van der Waals surface area contributed by atoms with Crippen LogP contribution in [0.4, 0.5) is 5.69 Å². The molecule has 0 bridgehead atoms. The van der Waals surface area contributed by atoms with Crippen molar-refractivity contribution in [3.8, 4) is 0 Å². The van der Waals surface area contributed by atoms with E-state index in [2.05, 4.69) is 15.5 Å². The highest BCUT2D eigenvalue weighted by molar-refractivity contribution is 5.97. The van der Waals surface area contributed by atoms with Crippen molar-refractivity contribution in [2.45, 2.75) is 33.6 Å². The molecule has 0 radical (unpaired) electrons. The molecule has 0 spiro atoms. The molecule has 1 N–H and O–H groups in total. The molecule has 2 amide bonds. The Balaban J connectivity index is 1.95. The fourth-order valence-corrected chi connectivity index (χ4v) is 2.31. The minimum Gasteiger partial charge on any atom is -0.339 e. The van der Waals surface area contributed by atoms with E-state index in [1.54, 1.807) is 36.1 Å². The molecule has 0 saturated heterocycles. The van der Waals surface area contributed by atoms with Crippen LogP contribution in [0.5, 0.6) is 0 Å². The van der Waals surface area contributed by atoms with Gasteiger partial charge in [0.05, 0.1) is 0 Å². The lowest BCUT2D eigenvalue weighted by molar-refractivity contribution is -0.116. The maximum absolute atomic E-state index is 12.3. The Labute approximate surface area is 141 Å². The van der Waals surface area contributed by atoms with Gasteiger partial charge in [-0.15, -0.1) is 0 Å². The molecule has 0 unspecified atom stereocenters. The minimum atomic E-state index is -0.168. The van der Waals surface area contributed by atoms with Crippen molar-refractivity contribution in [1.82, 2.24) is 15.0 Å². The third-order valence-electron chi connectivity index (χ3n) is 3.58. The second kappa shape index (κ2) is 8.24. The van der Waals surface area contributed by atoms with Crippen LogP contribution in [0.2, 0.25) is 0 Å². The highest BCUT2D eigenvalue weighted by Gasteiger charge is 2.13. The zero-order chi connectivity index (χ0) is 17.5. The molecule has 0 atom stereocenters. The number of anilines is 1. The van der Waals surface area contributed by atoms with Crippen LogP contribution < -0.4 is 5.32 Å². The van der Waals surface area contributed by atoms with Gasteiger partial charge in [-0.1, -0.05) is 11.2 Å². The molecule has 128 valence electrons. The largest absolute Gasteiger partial charge is 0.339 e. The molecule has 7 heteroatoms. The molecule has 0 aliphatic heterocycles. The Morgan fingerprint density at radius 1 is 1.25 bits per heavy atom. The van der Waals surface area contributed by atoms with Crippen molar-refractivity contribution in [3.05, 3.63) is 41.5 Å². The van der Waals surface area contributed by atoms with Crippen molar-refractivity contribution in [2.75, 3.05) is 18.4 Å². The normalized spacial score (nSPS) is 10.5. The smallest absolute Gasteiger partial charge is 0.253 e. The number of carbonyl (C=O) groups excluding carboxylic acids is 2. The number of hydrogen-bond acceptors (Lipinski definition) is 5. The third-order valence-corrected chi connectivity index (χ3v) is 3.58. The van der Waals surface area contributed by atoms with Gasteiger partial charge in [0, 0.05) is 37.2 Å². The van der Waals surface area contributed by atoms with E-state index in [9.17, 15) is 9.59 Å². The van der Waals surface area contributed by atoms with Gasteiger partial charge in [-0.05, 0) is 39.0 Å². The maximum Gasteiger partial charge on any atom is 0.253 e. The quantitative estimate of drug-likeness (QED) is 0.842. The molecule has 2 rings (SSSR count). The third kappa shape index (κ3) is 4.65. The zero-order valence-corrected chi connectivity index (χ0v) is 14.2. The Hall–Kier alpha value is -2.70. The summed E-state index contributed by atoms with van der Waals surface area (Å²) in [4.78, 5) is 30.2. The number of nitrogens with zero attached hydrogens (tertiary/aromatic N) is 3. The average molecular weight is 330 g/mol. The molecule has 24 heavy (non-hydrogen) atoms. The van der Waals surface area contributed by atoms with Crippen LogP contribution >= 0.6 is 0 Å². The first kappa shape index (κ1) is 17.7. The molecule has 0 saturated carbocycles. The highest BCUT2D eigenvalue weighted by atomic mass is 16.5. The fourth-order valence-electron chi connectivity index (χ4n) is 2.31. The summed E-state index contributed by atoms with van der Waals surface area (Å²) in [6.07, 6.45) is 0.612. The van der Waals surface area contributed by atoms with E-state index >= 15 is 0 Å². The van der Waals surface area contributed by atoms with E-state index in [0.717, 1.165) is 0 Å². The number of benzene rings is 1. The molecule has 1 aromatic heterocycles. The van der Waals surface area contributed by atoms with E-state index in [-0.39, 0.29) is 18.2 Å². The van der Waals surface area contributed by atoms with Crippen LogP contribution in [-0.4, -0.2) is 39.9 Å². The van der Waals surface area contributed by atoms with Crippen LogP contribution in [-0.2, 0) is 11.2 Å². The van der Waals surface area contributed by atoms with E-state index in [4.69, 9.17) is 4.52 Å². The summed E-state index contributed by atoms with van der Waals surface area (Å²) in [7, 11) is 0. The van der Waals surface area contributed by atoms with Gasteiger partial charge in [0.2, 0.25) is 11.8 Å². The Morgan fingerprint density at radius 2 is 2.00 bits per heavy atom. The number of aryl methyl sites for hydroxylation is 2. The van der Waals surface area contributed by atoms with E-state index in [0.29, 0.717) is 42.5 Å². The van der Waals surface area contributed by atoms with Gasteiger partial charge < -0.3 is 14.7 Å². The lowest BCUT2D eigenvalue weighted by Crippen LogP contribution is -2.30. The first-order valence-electron chi connectivity index (χ1n) is 8.01. The Kier molecular flexibility index (Phi) is 6.06. The average Bonchev–Trinajstić information content (AvgIpc) is 3.00. The SMILES string of the molecule is CCN(CC)C(=O)c1cccc(NC(=O)CCc2nc(C)no2)c1. The Bertz CT molecular complexity index is 707. The summed E-state index contributed by atoms with van der Waals surface area (Å²) in [5, 5.41) is 6.47. The molecular formula is C17H22N4O3. The van der Waals surface area contributed by atoms with E-state index in [1.807, 2.05) is 13.8 Å². The maximum atomic E-state index is 12.3. The molecular weight excluding hydrogens is 308 g/mol. The van der Waals surface area contributed by atoms with Gasteiger partial charge in [-0.2, -0.15) is 4.98 Å². The summed E-state index contributed by atoms with van der Waals surface area (Å²) >= 11 is 0. The Morgan fingerprint density at radius 3 is 2.62 bits per heavy atom. The van der Waals surface area contributed by atoms with Crippen molar-refractivity contribution >= 4 is 17.5 Å². The number of amides is 2. The predicted octanol–water partition coefficient (Wildman–Crippen LogP) is 2.43. The molecule has 1 aromatic carbocycles. The van der Waals surface area contributed by atoms with Gasteiger partial charge in [0.15, 0.2) is 5.82 Å². The van der Waals surface area contributed by atoms with Gasteiger partial charge in [-0.25, -0.2) is 0 Å². The number of hydrogen-bond donors (Lipinski definition) is 1. The monoisotopic (exact) mass is 330 g/mol. The number of nitrogens with one attached hydrogen (secondary N) is 1. The summed E-state index contributed by atoms with van der Waals surface area (Å²) in [5.74, 6) is 0.775. The van der Waals surface area contributed by atoms with Crippen LogP contribution in [0.25, 0.3) is 0 Å².